The van der Waals surface area contributed by atoms with Gasteiger partial charge in [0.25, 0.3) is 0 Å². The first-order valence-corrected chi connectivity index (χ1v) is 11.3. The lowest BCUT2D eigenvalue weighted by Crippen LogP contribution is -2.50. The average Bonchev–Trinajstić information content (AvgIpc) is 3.41. The van der Waals surface area contributed by atoms with Gasteiger partial charge in [0.05, 0.1) is 6.04 Å². The summed E-state index contributed by atoms with van der Waals surface area (Å²) < 4.78 is 0. The van der Waals surface area contributed by atoms with E-state index in [4.69, 9.17) is 0 Å². The predicted octanol–water partition coefficient (Wildman–Crippen LogP) is 3.75. The lowest BCUT2D eigenvalue weighted by atomic mass is 9.90. The number of benzene rings is 1. The molecular formula is C24H35N3O2. The molecule has 2 unspecified atom stereocenters. The van der Waals surface area contributed by atoms with Gasteiger partial charge in [0, 0.05) is 24.7 Å². The van der Waals surface area contributed by atoms with Crippen LogP contribution in [0.5, 0.6) is 0 Å². The SMILES string of the molecule is Cc1cc(C)cc(NC(=O)C2CC23CCN(C(=O)C2CCCCCN2C)CC3)c1. The van der Waals surface area contributed by atoms with Crippen LogP contribution in [0.25, 0.3) is 0 Å². The number of likely N-dealkylation sites (N-methyl/N-ethyl adjacent to an activating group) is 1. The van der Waals surface area contributed by atoms with E-state index in [-0.39, 0.29) is 23.3 Å². The van der Waals surface area contributed by atoms with E-state index in [0.717, 1.165) is 57.4 Å². The Hall–Kier alpha value is -1.88. The van der Waals surface area contributed by atoms with Crippen LogP contribution in [0.1, 0.15) is 56.1 Å². The van der Waals surface area contributed by atoms with Gasteiger partial charge in [-0.1, -0.05) is 18.9 Å². The molecule has 4 rings (SSSR count). The molecule has 3 fully saturated rings. The summed E-state index contributed by atoms with van der Waals surface area (Å²) in [6.07, 6.45) is 7.45. The van der Waals surface area contributed by atoms with Crippen molar-refractivity contribution in [2.75, 3.05) is 32.0 Å². The molecule has 1 saturated carbocycles. The molecule has 2 amide bonds. The number of anilines is 1. The molecule has 2 heterocycles. The van der Waals surface area contributed by atoms with Crippen molar-refractivity contribution in [2.24, 2.45) is 11.3 Å². The van der Waals surface area contributed by atoms with E-state index in [9.17, 15) is 9.59 Å². The van der Waals surface area contributed by atoms with E-state index in [0.29, 0.717) is 5.91 Å². The van der Waals surface area contributed by atoms with Crippen molar-refractivity contribution in [1.29, 1.82) is 0 Å². The van der Waals surface area contributed by atoms with Crippen molar-refractivity contribution in [3.05, 3.63) is 29.3 Å². The molecule has 0 radical (unpaired) electrons. The van der Waals surface area contributed by atoms with Crippen molar-refractivity contribution >= 4 is 17.5 Å². The number of rotatable bonds is 3. The van der Waals surface area contributed by atoms with Crippen LogP contribution in [0.2, 0.25) is 0 Å². The molecule has 1 N–H and O–H groups in total. The highest BCUT2D eigenvalue weighted by Gasteiger charge is 2.58. The number of hydrogen-bond donors (Lipinski definition) is 1. The maximum absolute atomic E-state index is 13.1. The van der Waals surface area contributed by atoms with Crippen LogP contribution in [0.3, 0.4) is 0 Å². The molecular weight excluding hydrogens is 362 g/mol. The third-order valence-electron chi connectivity index (χ3n) is 7.37. The van der Waals surface area contributed by atoms with E-state index < -0.39 is 0 Å². The fourth-order valence-electron chi connectivity index (χ4n) is 5.49. The first kappa shape index (κ1) is 20.4. The van der Waals surface area contributed by atoms with Gasteiger partial charge in [-0.2, -0.15) is 0 Å². The molecule has 0 bridgehead atoms. The highest BCUT2D eigenvalue weighted by atomic mass is 16.2. The zero-order chi connectivity index (χ0) is 20.6. The van der Waals surface area contributed by atoms with E-state index in [1.165, 1.54) is 24.0 Å². The van der Waals surface area contributed by atoms with Gasteiger partial charge in [-0.3, -0.25) is 14.5 Å². The van der Waals surface area contributed by atoms with Gasteiger partial charge in [0.1, 0.15) is 0 Å². The molecule has 1 aromatic rings. The lowest BCUT2D eigenvalue weighted by molar-refractivity contribution is -0.138. The Kier molecular flexibility index (Phi) is 5.69. The molecule has 5 heteroatoms. The third kappa shape index (κ3) is 4.35. The molecule has 5 nitrogen and oxygen atoms in total. The van der Waals surface area contributed by atoms with Crippen LogP contribution in [0.15, 0.2) is 18.2 Å². The fraction of sp³-hybridized carbons (Fsp3) is 0.667. The van der Waals surface area contributed by atoms with Crippen molar-refractivity contribution < 1.29 is 9.59 Å². The summed E-state index contributed by atoms with van der Waals surface area (Å²) in [5.74, 6) is 0.556. The van der Waals surface area contributed by atoms with Crippen molar-refractivity contribution in [2.45, 2.75) is 64.8 Å². The fourth-order valence-corrected chi connectivity index (χ4v) is 5.49. The van der Waals surface area contributed by atoms with Crippen LogP contribution >= 0.6 is 0 Å². The summed E-state index contributed by atoms with van der Waals surface area (Å²) in [6, 6.07) is 6.23. The van der Waals surface area contributed by atoms with Gasteiger partial charge < -0.3 is 10.2 Å². The molecule has 3 aliphatic rings. The Labute approximate surface area is 174 Å². The Morgan fingerprint density at radius 1 is 1.00 bits per heavy atom. The maximum Gasteiger partial charge on any atom is 0.239 e. The van der Waals surface area contributed by atoms with Crippen molar-refractivity contribution in [1.82, 2.24) is 9.80 Å². The second-order valence-electron chi connectivity index (χ2n) is 9.66. The maximum atomic E-state index is 13.1. The normalized spacial score (nSPS) is 26.8. The van der Waals surface area contributed by atoms with Gasteiger partial charge >= 0.3 is 0 Å². The van der Waals surface area contributed by atoms with E-state index in [1.54, 1.807) is 0 Å². The summed E-state index contributed by atoms with van der Waals surface area (Å²) in [5.41, 5.74) is 3.36. The number of carbonyl (C=O) groups excluding carboxylic acids is 2. The quantitative estimate of drug-likeness (QED) is 0.845. The Bertz CT molecular complexity index is 762. The summed E-state index contributed by atoms with van der Waals surface area (Å²) in [7, 11) is 2.09. The van der Waals surface area contributed by atoms with Crippen LogP contribution in [-0.4, -0.2) is 54.3 Å². The molecule has 1 aromatic carbocycles. The lowest BCUT2D eigenvalue weighted by Gasteiger charge is -2.37. The first-order valence-electron chi connectivity index (χ1n) is 11.3. The molecule has 2 saturated heterocycles. The minimum atomic E-state index is 0.0504. The summed E-state index contributed by atoms with van der Waals surface area (Å²) in [5, 5.41) is 3.13. The number of carbonyl (C=O) groups is 2. The molecule has 158 valence electrons. The molecule has 29 heavy (non-hydrogen) atoms. The zero-order valence-electron chi connectivity index (χ0n) is 18.2. The van der Waals surface area contributed by atoms with E-state index in [1.807, 2.05) is 12.1 Å². The van der Waals surface area contributed by atoms with Gasteiger partial charge in [-0.05, 0) is 88.2 Å². The zero-order valence-corrected chi connectivity index (χ0v) is 18.2. The Morgan fingerprint density at radius 2 is 1.69 bits per heavy atom. The minimum Gasteiger partial charge on any atom is -0.341 e. The van der Waals surface area contributed by atoms with Crippen LogP contribution in [0, 0.1) is 25.2 Å². The number of likely N-dealkylation sites (tertiary alicyclic amines) is 2. The minimum absolute atomic E-state index is 0.0504. The molecule has 1 spiro atoms. The van der Waals surface area contributed by atoms with Gasteiger partial charge in [0.2, 0.25) is 11.8 Å². The summed E-state index contributed by atoms with van der Waals surface area (Å²) in [4.78, 5) is 30.2. The Balaban J connectivity index is 1.31. The average molecular weight is 398 g/mol. The largest absolute Gasteiger partial charge is 0.341 e. The standard InChI is InChI=1S/C24H35N3O2/c1-17-13-18(2)15-19(14-17)25-22(28)20-16-24(20)8-11-27(12-9-24)23(29)21-7-5-4-6-10-26(21)3/h13-15,20-21H,4-12,16H2,1-3H3,(H,25,28). The first-order chi connectivity index (χ1) is 13.9. The van der Waals surface area contributed by atoms with Gasteiger partial charge in [-0.25, -0.2) is 0 Å². The highest BCUT2D eigenvalue weighted by Crippen LogP contribution is 2.59. The second-order valence-corrected chi connectivity index (χ2v) is 9.66. The smallest absolute Gasteiger partial charge is 0.239 e. The van der Waals surface area contributed by atoms with Gasteiger partial charge in [-0.15, -0.1) is 0 Å². The molecule has 0 aromatic heterocycles. The highest BCUT2D eigenvalue weighted by molar-refractivity contribution is 5.95. The number of piperidine rings is 1. The second kappa shape index (κ2) is 8.10. The third-order valence-corrected chi connectivity index (χ3v) is 7.37. The number of nitrogens with one attached hydrogen (secondary N) is 1. The topological polar surface area (TPSA) is 52.7 Å². The predicted molar refractivity (Wildman–Crippen MR) is 116 cm³/mol. The number of nitrogens with zero attached hydrogens (tertiary/aromatic N) is 2. The van der Waals surface area contributed by atoms with Crippen molar-refractivity contribution in [3.8, 4) is 0 Å². The Morgan fingerprint density at radius 3 is 2.38 bits per heavy atom. The van der Waals surface area contributed by atoms with Crippen LogP contribution < -0.4 is 5.32 Å². The molecule has 2 atom stereocenters. The summed E-state index contributed by atoms with van der Waals surface area (Å²) in [6.45, 7) is 6.74. The monoisotopic (exact) mass is 397 g/mol. The molecule has 2 aliphatic heterocycles. The number of amides is 2. The van der Waals surface area contributed by atoms with Gasteiger partial charge in [0.15, 0.2) is 0 Å². The van der Waals surface area contributed by atoms with Crippen LogP contribution in [0.4, 0.5) is 5.69 Å². The van der Waals surface area contributed by atoms with Crippen LogP contribution in [-0.2, 0) is 9.59 Å². The number of aryl methyl sites for hydroxylation is 2. The van der Waals surface area contributed by atoms with Crippen molar-refractivity contribution in [3.63, 3.8) is 0 Å². The van der Waals surface area contributed by atoms with E-state index in [2.05, 4.69) is 42.1 Å². The summed E-state index contributed by atoms with van der Waals surface area (Å²) >= 11 is 0. The van der Waals surface area contributed by atoms with E-state index >= 15 is 0 Å². The number of hydrogen-bond acceptors (Lipinski definition) is 3. The molecule has 1 aliphatic carbocycles.